The van der Waals surface area contributed by atoms with Crippen molar-refractivity contribution in [2.45, 2.75) is 24.7 Å². The van der Waals surface area contributed by atoms with Gasteiger partial charge >= 0.3 is 0 Å². The van der Waals surface area contributed by atoms with Crippen molar-refractivity contribution in [1.29, 1.82) is 0 Å². The Morgan fingerprint density at radius 1 is 1.33 bits per heavy atom. The molecule has 0 saturated carbocycles. The van der Waals surface area contributed by atoms with E-state index in [9.17, 15) is 13.2 Å². The van der Waals surface area contributed by atoms with Gasteiger partial charge in [-0.2, -0.15) is 0 Å². The van der Waals surface area contributed by atoms with Gasteiger partial charge in [0.25, 0.3) is 5.91 Å². The van der Waals surface area contributed by atoms with E-state index in [2.05, 4.69) is 15.0 Å². The van der Waals surface area contributed by atoms with Gasteiger partial charge in [-0.05, 0) is 25.5 Å². The number of sulfonamides is 1. The molecule has 0 spiro atoms. The minimum Gasteiger partial charge on any atom is -0.356 e. The molecular formula is C13H22N4O3S. The number of hydrogen-bond donors (Lipinski definition) is 3. The average Bonchev–Trinajstić information content (AvgIpc) is 3.13. The maximum atomic E-state index is 12.2. The fourth-order valence-corrected chi connectivity index (χ4v) is 3.30. The van der Waals surface area contributed by atoms with Gasteiger partial charge in [-0.15, -0.1) is 0 Å². The van der Waals surface area contributed by atoms with Crippen LogP contribution in [0.25, 0.3) is 0 Å². The highest BCUT2D eigenvalue weighted by molar-refractivity contribution is 7.89. The zero-order valence-electron chi connectivity index (χ0n) is 12.2. The summed E-state index contributed by atoms with van der Waals surface area (Å²) in [5, 5.41) is 3.04. The molecule has 118 valence electrons. The molecule has 0 radical (unpaired) electrons. The summed E-state index contributed by atoms with van der Waals surface area (Å²) < 4.78 is 26.6. The number of aromatic amines is 1. The third kappa shape index (κ3) is 4.05. The van der Waals surface area contributed by atoms with Crippen molar-refractivity contribution in [3.8, 4) is 0 Å². The first-order chi connectivity index (χ1) is 10.0. The first kappa shape index (κ1) is 16.0. The van der Waals surface area contributed by atoms with Gasteiger partial charge in [-0.3, -0.25) is 4.79 Å². The fraction of sp³-hybridized carbons (Fsp3) is 0.615. The maximum Gasteiger partial charge on any atom is 0.270 e. The SMILES string of the molecule is CCNCCNS(=O)(=O)c1c[nH]c(C(=O)N2CCCC2)c1. The predicted octanol–water partition coefficient (Wildman–Crippen LogP) is 0.139. The van der Waals surface area contributed by atoms with E-state index in [1.165, 1.54) is 12.3 Å². The average molecular weight is 314 g/mol. The van der Waals surface area contributed by atoms with Crippen molar-refractivity contribution >= 4 is 15.9 Å². The van der Waals surface area contributed by atoms with Crippen LogP contribution in [0, 0.1) is 0 Å². The lowest BCUT2D eigenvalue weighted by Gasteiger charge is -2.13. The quantitative estimate of drug-likeness (QED) is 0.624. The van der Waals surface area contributed by atoms with E-state index in [0.717, 1.165) is 32.5 Å². The van der Waals surface area contributed by atoms with E-state index in [1.54, 1.807) is 4.90 Å². The fourth-order valence-electron chi connectivity index (χ4n) is 2.28. The van der Waals surface area contributed by atoms with Crippen molar-refractivity contribution < 1.29 is 13.2 Å². The third-order valence-electron chi connectivity index (χ3n) is 3.43. The number of nitrogens with one attached hydrogen (secondary N) is 3. The highest BCUT2D eigenvalue weighted by Gasteiger charge is 2.23. The molecule has 0 aromatic carbocycles. The molecule has 1 aliphatic heterocycles. The Morgan fingerprint density at radius 3 is 2.71 bits per heavy atom. The summed E-state index contributed by atoms with van der Waals surface area (Å²) in [6.45, 7) is 5.11. The number of likely N-dealkylation sites (tertiary alicyclic amines) is 1. The number of hydrogen-bond acceptors (Lipinski definition) is 4. The van der Waals surface area contributed by atoms with Crippen molar-refractivity contribution in [2.24, 2.45) is 0 Å². The van der Waals surface area contributed by atoms with Crippen LogP contribution in [0.5, 0.6) is 0 Å². The summed E-state index contributed by atoms with van der Waals surface area (Å²) in [6.07, 6.45) is 3.37. The van der Waals surface area contributed by atoms with E-state index >= 15 is 0 Å². The van der Waals surface area contributed by atoms with Crippen LogP contribution in [-0.2, 0) is 10.0 Å². The maximum absolute atomic E-state index is 12.2. The number of carbonyl (C=O) groups is 1. The van der Waals surface area contributed by atoms with Crippen molar-refractivity contribution in [3.05, 3.63) is 18.0 Å². The summed E-state index contributed by atoms with van der Waals surface area (Å²) in [7, 11) is -3.57. The smallest absolute Gasteiger partial charge is 0.270 e. The van der Waals surface area contributed by atoms with Gasteiger partial charge in [-0.1, -0.05) is 6.92 Å². The molecule has 21 heavy (non-hydrogen) atoms. The van der Waals surface area contributed by atoms with Gasteiger partial charge in [0.05, 0.1) is 0 Å². The molecule has 0 unspecified atom stereocenters. The largest absolute Gasteiger partial charge is 0.356 e. The Labute approximate surface area is 125 Å². The minimum atomic E-state index is -3.57. The molecule has 0 aliphatic carbocycles. The van der Waals surface area contributed by atoms with E-state index in [4.69, 9.17) is 0 Å². The lowest BCUT2D eigenvalue weighted by atomic mass is 10.4. The molecule has 3 N–H and O–H groups in total. The van der Waals surface area contributed by atoms with Gasteiger partial charge in [0.2, 0.25) is 10.0 Å². The Balaban J connectivity index is 1.99. The van der Waals surface area contributed by atoms with Gasteiger partial charge < -0.3 is 15.2 Å². The molecule has 2 heterocycles. The number of H-pyrrole nitrogens is 1. The number of aromatic nitrogens is 1. The molecule has 7 nitrogen and oxygen atoms in total. The van der Waals surface area contributed by atoms with Crippen molar-refractivity contribution in [2.75, 3.05) is 32.7 Å². The molecule has 1 saturated heterocycles. The van der Waals surface area contributed by atoms with Crippen LogP contribution in [0.2, 0.25) is 0 Å². The molecule has 0 bridgehead atoms. The molecular weight excluding hydrogens is 292 g/mol. The number of rotatable bonds is 7. The predicted molar refractivity (Wildman–Crippen MR) is 79.7 cm³/mol. The summed E-state index contributed by atoms with van der Waals surface area (Å²) in [5.41, 5.74) is 0.323. The number of carbonyl (C=O) groups excluding carboxylic acids is 1. The Bertz CT molecular complexity index is 576. The van der Waals surface area contributed by atoms with E-state index in [-0.39, 0.29) is 10.8 Å². The van der Waals surface area contributed by atoms with Crippen molar-refractivity contribution in [3.63, 3.8) is 0 Å². The zero-order chi connectivity index (χ0) is 15.3. The molecule has 1 aliphatic rings. The Kier molecular flexibility index (Phi) is 5.38. The van der Waals surface area contributed by atoms with Crippen LogP contribution in [0.1, 0.15) is 30.3 Å². The molecule has 0 atom stereocenters. The van der Waals surface area contributed by atoms with Crippen LogP contribution >= 0.6 is 0 Å². The summed E-state index contributed by atoms with van der Waals surface area (Å²) in [5.74, 6) is -0.137. The van der Waals surface area contributed by atoms with Gasteiger partial charge in [0.1, 0.15) is 10.6 Å². The lowest BCUT2D eigenvalue weighted by Crippen LogP contribution is -2.31. The van der Waals surface area contributed by atoms with Gasteiger partial charge in [-0.25, -0.2) is 13.1 Å². The van der Waals surface area contributed by atoms with E-state index < -0.39 is 10.0 Å². The lowest BCUT2D eigenvalue weighted by molar-refractivity contribution is 0.0787. The van der Waals surface area contributed by atoms with E-state index in [0.29, 0.717) is 18.8 Å². The summed E-state index contributed by atoms with van der Waals surface area (Å²) >= 11 is 0. The summed E-state index contributed by atoms with van der Waals surface area (Å²) in [6, 6.07) is 1.40. The second kappa shape index (κ2) is 7.06. The second-order valence-corrected chi connectivity index (χ2v) is 6.77. The van der Waals surface area contributed by atoms with Crippen LogP contribution in [0.4, 0.5) is 0 Å². The zero-order valence-corrected chi connectivity index (χ0v) is 13.0. The Hall–Kier alpha value is -1.38. The van der Waals surface area contributed by atoms with E-state index in [1.807, 2.05) is 6.92 Å². The molecule has 1 amide bonds. The second-order valence-electron chi connectivity index (χ2n) is 5.00. The molecule has 1 fully saturated rings. The molecule has 2 rings (SSSR count). The van der Waals surface area contributed by atoms with Crippen molar-refractivity contribution in [1.82, 2.24) is 19.9 Å². The van der Waals surface area contributed by atoms with Crippen LogP contribution < -0.4 is 10.0 Å². The Morgan fingerprint density at radius 2 is 2.05 bits per heavy atom. The highest BCUT2D eigenvalue weighted by atomic mass is 32.2. The monoisotopic (exact) mass is 314 g/mol. The molecule has 8 heteroatoms. The first-order valence-corrected chi connectivity index (χ1v) is 8.71. The normalized spacial score (nSPS) is 15.6. The first-order valence-electron chi connectivity index (χ1n) is 7.22. The number of likely N-dealkylation sites (N-methyl/N-ethyl adjacent to an activating group) is 1. The number of amides is 1. The van der Waals surface area contributed by atoms with Crippen LogP contribution in [0.3, 0.4) is 0 Å². The molecule has 1 aromatic rings. The number of nitrogens with zero attached hydrogens (tertiary/aromatic N) is 1. The highest BCUT2D eigenvalue weighted by Crippen LogP contribution is 2.15. The van der Waals surface area contributed by atoms with Gasteiger partial charge in [0.15, 0.2) is 0 Å². The minimum absolute atomic E-state index is 0.0987. The van der Waals surface area contributed by atoms with Crippen LogP contribution in [0.15, 0.2) is 17.2 Å². The third-order valence-corrected chi connectivity index (χ3v) is 4.87. The summed E-state index contributed by atoms with van der Waals surface area (Å²) in [4.78, 5) is 16.8. The standard InChI is InChI=1S/C13H22N4O3S/c1-2-14-5-6-16-21(19,20)11-9-12(15-10-11)13(18)17-7-3-4-8-17/h9-10,14-16H,2-8H2,1H3. The molecule has 1 aromatic heterocycles. The van der Waals surface area contributed by atoms with Gasteiger partial charge in [0, 0.05) is 32.4 Å². The topological polar surface area (TPSA) is 94.3 Å². The van der Waals surface area contributed by atoms with Crippen LogP contribution in [-0.4, -0.2) is 56.9 Å².